The minimum atomic E-state index is -0.415. The van der Waals surface area contributed by atoms with Gasteiger partial charge in [0.05, 0.1) is 0 Å². The second-order valence-electron chi connectivity index (χ2n) is 4.54. The fraction of sp³-hybridized carbons (Fsp3) is 0.0588. The summed E-state index contributed by atoms with van der Waals surface area (Å²) in [6.07, 6.45) is 1.58. The molecular weight excluding hydrogens is 328 g/mol. The van der Waals surface area contributed by atoms with Crippen molar-refractivity contribution in [1.29, 1.82) is 5.26 Å². The summed E-state index contributed by atoms with van der Waals surface area (Å²) in [6, 6.07) is 16.8. The molecule has 1 amide bonds. The number of carbonyl (C=O) groups is 1. The van der Waals surface area contributed by atoms with Gasteiger partial charge in [0.25, 0.3) is 5.91 Å². The zero-order valence-electron chi connectivity index (χ0n) is 11.4. The first-order chi connectivity index (χ1) is 10.1. The molecule has 0 heterocycles. The number of hydrogen-bond acceptors (Lipinski definition) is 2. The Morgan fingerprint density at radius 2 is 1.95 bits per heavy atom. The van der Waals surface area contributed by atoms with Gasteiger partial charge in [-0.2, -0.15) is 5.26 Å². The molecule has 0 aromatic heterocycles. The predicted molar refractivity (Wildman–Crippen MR) is 87.5 cm³/mol. The van der Waals surface area contributed by atoms with Gasteiger partial charge in [0.15, 0.2) is 0 Å². The van der Waals surface area contributed by atoms with Gasteiger partial charge in [0.2, 0.25) is 0 Å². The first-order valence-electron chi connectivity index (χ1n) is 6.34. The Labute approximate surface area is 132 Å². The number of halogens is 1. The Morgan fingerprint density at radius 1 is 1.24 bits per heavy atom. The van der Waals surface area contributed by atoms with Gasteiger partial charge < -0.3 is 5.32 Å². The van der Waals surface area contributed by atoms with Crippen molar-refractivity contribution in [2.45, 2.75) is 6.92 Å². The lowest BCUT2D eigenvalue weighted by Gasteiger charge is -2.04. The summed E-state index contributed by atoms with van der Waals surface area (Å²) in [5.41, 5.74) is 2.63. The Hall–Kier alpha value is -2.38. The summed E-state index contributed by atoms with van der Waals surface area (Å²) in [4.78, 5) is 12.1. The number of anilines is 1. The summed E-state index contributed by atoms with van der Waals surface area (Å²) < 4.78 is 0.927. The van der Waals surface area contributed by atoms with Gasteiger partial charge in [0.1, 0.15) is 11.6 Å². The third kappa shape index (κ3) is 4.30. The van der Waals surface area contributed by atoms with Crippen LogP contribution >= 0.6 is 15.9 Å². The number of amides is 1. The van der Waals surface area contributed by atoms with E-state index in [0.717, 1.165) is 15.6 Å². The van der Waals surface area contributed by atoms with E-state index >= 15 is 0 Å². The number of benzene rings is 2. The molecule has 2 aromatic carbocycles. The van der Waals surface area contributed by atoms with Crippen molar-refractivity contribution in [2.24, 2.45) is 0 Å². The van der Waals surface area contributed by atoms with Gasteiger partial charge in [0, 0.05) is 10.2 Å². The maximum Gasteiger partial charge on any atom is 0.266 e. The number of nitrogens with one attached hydrogen (secondary N) is 1. The fourth-order valence-corrected chi connectivity index (χ4v) is 2.07. The number of nitriles is 1. The van der Waals surface area contributed by atoms with Crippen LogP contribution in [0.15, 0.2) is 58.6 Å². The molecule has 0 atom stereocenters. The lowest BCUT2D eigenvalue weighted by molar-refractivity contribution is -0.112. The van der Waals surface area contributed by atoms with Crippen LogP contribution in [0, 0.1) is 18.3 Å². The van der Waals surface area contributed by atoms with Crippen LogP contribution in [0.1, 0.15) is 11.1 Å². The molecule has 0 radical (unpaired) electrons. The Morgan fingerprint density at radius 3 is 2.57 bits per heavy atom. The van der Waals surface area contributed by atoms with Crippen LogP contribution in [0.2, 0.25) is 0 Å². The molecule has 1 N–H and O–H groups in total. The predicted octanol–water partition coefficient (Wildman–Crippen LogP) is 4.30. The van der Waals surface area contributed by atoms with E-state index in [-0.39, 0.29) is 5.57 Å². The van der Waals surface area contributed by atoms with Crippen molar-refractivity contribution >= 4 is 33.6 Å². The molecule has 0 aliphatic rings. The van der Waals surface area contributed by atoms with Crippen molar-refractivity contribution in [3.8, 4) is 6.07 Å². The van der Waals surface area contributed by atoms with Crippen LogP contribution in [0.4, 0.5) is 5.69 Å². The quantitative estimate of drug-likeness (QED) is 0.668. The van der Waals surface area contributed by atoms with Gasteiger partial charge in [-0.3, -0.25) is 4.79 Å². The molecule has 0 aliphatic heterocycles. The summed E-state index contributed by atoms with van der Waals surface area (Å²) in [6.45, 7) is 1.96. The summed E-state index contributed by atoms with van der Waals surface area (Å²) in [7, 11) is 0. The Balaban J connectivity index is 2.19. The van der Waals surface area contributed by atoms with Gasteiger partial charge in [-0.1, -0.05) is 45.8 Å². The highest BCUT2D eigenvalue weighted by Gasteiger charge is 2.09. The Kier molecular flexibility index (Phi) is 4.91. The fourth-order valence-electron chi connectivity index (χ4n) is 1.81. The Bertz CT molecular complexity index is 727. The first-order valence-corrected chi connectivity index (χ1v) is 7.13. The molecule has 0 saturated carbocycles. The minimum absolute atomic E-state index is 0.0727. The van der Waals surface area contributed by atoms with Crippen LogP contribution in [0.3, 0.4) is 0 Å². The molecule has 104 valence electrons. The topological polar surface area (TPSA) is 52.9 Å². The van der Waals surface area contributed by atoms with E-state index in [4.69, 9.17) is 5.26 Å². The molecule has 0 spiro atoms. The second kappa shape index (κ2) is 6.87. The van der Waals surface area contributed by atoms with Crippen molar-refractivity contribution in [3.05, 3.63) is 69.7 Å². The zero-order valence-corrected chi connectivity index (χ0v) is 13.0. The smallest absolute Gasteiger partial charge is 0.266 e. The van der Waals surface area contributed by atoms with Crippen molar-refractivity contribution in [2.75, 3.05) is 5.32 Å². The van der Waals surface area contributed by atoms with Crippen molar-refractivity contribution in [1.82, 2.24) is 0 Å². The normalized spacial score (nSPS) is 10.8. The van der Waals surface area contributed by atoms with E-state index in [9.17, 15) is 4.79 Å². The van der Waals surface area contributed by atoms with Crippen LogP contribution in [0.5, 0.6) is 0 Å². The van der Waals surface area contributed by atoms with Gasteiger partial charge in [-0.25, -0.2) is 0 Å². The van der Waals surface area contributed by atoms with Gasteiger partial charge in [-0.15, -0.1) is 0 Å². The zero-order chi connectivity index (χ0) is 15.2. The average molecular weight is 341 g/mol. The highest BCUT2D eigenvalue weighted by molar-refractivity contribution is 9.10. The number of rotatable bonds is 3. The maximum absolute atomic E-state index is 12.1. The number of nitrogens with zero attached hydrogens (tertiary/aromatic N) is 1. The molecule has 2 rings (SSSR count). The van der Waals surface area contributed by atoms with E-state index in [1.54, 1.807) is 18.2 Å². The summed E-state index contributed by atoms with van der Waals surface area (Å²) in [5, 5.41) is 11.9. The lowest BCUT2D eigenvalue weighted by atomic mass is 10.1. The summed E-state index contributed by atoms with van der Waals surface area (Å²) >= 11 is 3.33. The standard InChI is InChI=1S/C17H13BrN2O/c1-12-3-2-4-13(9-12)10-14(11-19)17(21)20-16-7-5-15(18)6-8-16/h2-10H,1H3,(H,20,21)/b14-10-. The minimum Gasteiger partial charge on any atom is -0.321 e. The van der Waals surface area contributed by atoms with E-state index in [2.05, 4.69) is 21.2 Å². The lowest BCUT2D eigenvalue weighted by Crippen LogP contribution is -2.13. The summed E-state index contributed by atoms with van der Waals surface area (Å²) in [5.74, 6) is -0.415. The van der Waals surface area contributed by atoms with Crippen LogP contribution in [-0.4, -0.2) is 5.91 Å². The largest absolute Gasteiger partial charge is 0.321 e. The monoisotopic (exact) mass is 340 g/mol. The first kappa shape index (κ1) is 15.0. The van der Waals surface area contributed by atoms with Crippen LogP contribution in [-0.2, 0) is 4.79 Å². The molecular formula is C17H13BrN2O. The highest BCUT2D eigenvalue weighted by Crippen LogP contribution is 2.16. The number of carbonyl (C=O) groups excluding carboxylic acids is 1. The highest BCUT2D eigenvalue weighted by atomic mass is 79.9. The van der Waals surface area contributed by atoms with E-state index < -0.39 is 5.91 Å². The molecule has 3 nitrogen and oxygen atoms in total. The van der Waals surface area contributed by atoms with E-state index in [1.807, 2.05) is 49.4 Å². The average Bonchev–Trinajstić information content (AvgIpc) is 2.47. The molecule has 2 aromatic rings. The third-order valence-electron chi connectivity index (χ3n) is 2.82. The molecule has 0 fully saturated rings. The molecule has 0 aliphatic carbocycles. The molecule has 0 saturated heterocycles. The second-order valence-corrected chi connectivity index (χ2v) is 5.46. The molecule has 0 bridgehead atoms. The SMILES string of the molecule is Cc1cccc(/C=C(/C#N)C(=O)Nc2ccc(Br)cc2)c1. The molecule has 4 heteroatoms. The van der Waals surface area contributed by atoms with Crippen LogP contribution < -0.4 is 5.32 Å². The number of aryl methyl sites for hydroxylation is 1. The molecule has 21 heavy (non-hydrogen) atoms. The molecule has 0 unspecified atom stereocenters. The van der Waals surface area contributed by atoms with Crippen LogP contribution in [0.25, 0.3) is 6.08 Å². The van der Waals surface area contributed by atoms with E-state index in [1.165, 1.54) is 0 Å². The number of hydrogen-bond donors (Lipinski definition) is 1. The van der Waals surface area contributed by atoms with E-state index in [0.29, 0.717) is 5.69 Å². The van der Waals surface area contributed by atoms with Gasteiger partial charge in [-0.05, 0) is 42.8 Å². The van der Waals surface area contributed by atoms with Crippen molar-refractivity contribution in [3.63, 3.8) is 0 Å². The van der Waals surface area contributed by atoms with Gasteiger partial charge >= 0.3 is 0 Å². The third-order valence-corrected chi connectivity index (χ3v) is 3.35. The maximum atomic E-state index is 12.1. The van der Waals surface area contributed by atoms with Crippen molar-refractivity contribution < 1.29 is 4.79 Å².